The molecule has 3 aromatic rings. The Balaban J connectivity index is 1.15. The molecule has 172 valence electrons. The average Bonchev–Trinajstić information content (AvgIpc) is 3.41. The van der Waals surface area contributed by atoms with Gasteiger partial charge in [-0.1, -0.05) is 24.3 Å². The lowest BCUT2D eigenvalue weighted by atomic mass is 10.1. The van der Waals surface area contributed by atoms with E-state index in [-0.39, 0.29) is 25.7 Å². The number of carbonyl (C=O) groups excluding carboxylic acids is 3. The fraction of sp³-hybridized carbons (Fsp3) is 0.160. The van der Waals surface area contributed by atoms with Gasteiger partial charge in [0.25, 0.3) is 5.91 Å². The van der Waals surface area contributed by atoms with Crippen molar-refractivity contribution in [1.82, 2.24) is 10.2 Å². The number of hydrogen-bond donors (Lipinski definition) is 2. The Hall–Kier alpha value is -4.53. The van der Waals surface area contributed by atoms with Gasteiger partial charge in [0.2, 0.25) is 12.7 Å². The van der Waals surface area contributed by atoms with Crippen molar-refractivity contribution >= 4 is 23.5 Å². The average molecular weight is 459 g/mol. The van der Waals surface area contributed by atoms with Gasteiger partial charge < -0.3 is 24.8 Å². The van der Waals surface area contributed by atoms with Gasteiger partial charge in [0.05, 0.1) is 13.0 Å². The van der Waals surface area contributed by atoms with Gasteiger partial charge in [0.15, 0.2) is 11.5 Å². The van der Waals surface area contributed by atoms with Crippen LogP contribution in [-0.4, -0.2) is 35.6 Å². The molecule has 3 aromatic carbocycles. The number of rotatable bonds is 7. The summed E-state index contributed by atoms with van der Waals surface area (Å²) in [7, 11) is 0. The quantitative estimate of drug-likeness (QED) is 0.523. The lowest BCUT2D eigenvalue weighted by Crippen LogP contribution is -2.34. The Morgan fingerprint density at radius 3 is 2.50 bits per heavy atom. The van der Waals surface area contributed by atoms with Gasteiger partial charge in [-0.2, -0.15) is 0 Å². The minimum Gasteiger partial charge on any atom is -0.457 e. The summed E-state index contributed by atoms with van der Waals surface area (Å²) < 4.78 is 16.3. The molecule has 2 heterocycles. The molecule has 1 atom stereocenters. The highest BCUT2D eigenvalue weighted by Gasteiger charge is 2.39. The van der Waals surface area contributed by atoms with E-state index in [0.717, 1.165) is 10.5 Å². The smallest absolute Gasteiger partial charge is 0.325 e. The summed E-state index contributed by atoms with van der Waals surface area (Å²) in [5, 5.41) is 5.32. The second-order valence-corrected chi connectivity index (χ2v) is 7.81. The van der Waals surface area contributed by atoms with Crippen LogP contribution >= 0.6 is 0 Å². The maximum atomic E-state index is 12.8. The summed E-state index contributed by atoms with van der Waals surface area (Å²) >= 11 is 0. The van der Waals surface area contributed by atoms with Crippen LogP contribution in [0.15, 0.2) is 72.8 Å². The largest absolute Gasteiger partial charge is 0.457 e. The Labute approximate surface area is 195 Å². The third-order valence-electron chi connectivity index (χ3n) is 5.39. The highest BCUT2D eigenvalue weighted by atomic mass is 16.7. The van der Waals surface area contributed by atoms with E-state index in [1.54, 1.807) is 42.5 Å². The molecule has 0 spiro atoms. The fourth-order valence-corrected chi connectivity index (χ4v) is 3.72. The molecule has 1 fully saturated rings. The maximum Gasteiger partial charge on any atom is 0.325 e. The lowest BCUT2D eigenvalue weighted by molar-refractivity contribution is -0.130. The number of carbonyl (C=O) groups is 3. The number of urea groups is 1. The van der Waals surface area contributed by atoms with Crippen molar-refractivity contribution in [2.45, 2.75) is 19.0 Å². The number of nitrogens with one attached hydrogen (secondary N) is 2. The summed E-state index contributed by atoms with van der Waals surface area (Å²) in [6, 6.07) is 20.0. The third kappa shape index (κ3) is 4.63. The molecular formula is C25H21N3O6. The Morgan fingerprint density at radius 2 is 1.71 bits per heavy atom. The number of nitrogens with zero attached hydrogens (tertiary/aromatic N) is 1. The molecule has 9 nitrogen and oxygen atoms in total. The molecule has 2 aliphatic rings. The summed E-state index contributed by atoms with van der Waals surface area (Å²) in [5.74, 6) is 1.68. The zero-order valence-electron chi connectivity index (χ0n) is 18.0. The number of ether oxygens (including phenoxy) is 3. The lowest BCUT2D eigenvalue weighted by Gasteiger charge is -2.13. The molecule has 9 heteroatoms. The topological polar surface area (TPSA) is 106 Å². The van der Waals surface area contributed by atoms with Crippen molar-refractivity contribution in [3.8, 4) is 23.0 Å². The van der Waals surface area contributed by atoms with Gasteiger partial charge in [-0.05, 0) is 54.1 Å². The maximum absolute atomic E-state index is 12.8. The molecule has 4 amide bonds. The number of para-hydroxylation sites is 1. The standard InChI is InChI=1S/C25H21N3O6/c29-23(26-17-7-9-19(10-8-17)34-18-4-2-1-3-5-18)13-20-24(30)28(25(31)27-20)14-16-6-11-21-22(12-16)33-15-32-21/h1-12,20H,13-15H2,(H,26,29)(H,27,31). The first-order chi connectivity index (χ1) is 16.5. The molecule has 1 saturated heterocycles. The SMILES string of the molecule is O=C(CC1NC(=O)N(Cc2ccc3c(c2)OCO3)C1=O)Nc1ccc(Oc2ccccc2)cc1. The van der Waals surface area contributed by atoms with Gasteiger partial charge in [0, 0.05) is 5.69 Å². The van der Waals surface area contributed by atoms with Crippen molar-refractivity contribution in [1.29, 1.82) is 0 Å². The first-order valence-electron chi connectivity index (χ1n) is 10.7. The fourth-order valence-electron chi connectivity index (χ4n) is 3.72. The minimum absolute atomic E-state index is 0.0717. The van der Waals surface area contributed by atoms with Crippen LogP contribution in [0.2, 0.25) is 0 Å². The first-order valence-corrected chi connectivity index (χ1v) is 10.7. The molecule has 0 aliphatic carbocycles. The van der Waals surface area contributed by atoms with Crippen LogP contribution in [0.3, 0.4) is 0 Å². The second kappa shape index (κ2) is 9.14. The molecule has 2 aliphatic heterocycles. The summed E-state index contributed by atoms with van der Waals surface area (Å²) in [6.07, 6.45) is -0.176. The zero-order valence-corrected chi connectivity index (χ0v) is 18.0. The monoisotopic (exact) mass is 459 g/mol. The highest BCUT2D eigenvalue weighted by Crippen LogP contribution is 2.33. The second-order valence-electron chi connectivity index (χ2n) is 7.81. The molecule has 0 bridgehead atoms. The summed E-state index contributed by atoms with van der Waals surface area (Å²) in [5.41, 5.74) is 1.27. The van der Waals surface area contributed by atoms with E-state index in [1.165, 1.54) is 0 Å². The van der Waals surface area contributed by atoms with Crippen LogP contribution in [0.25, 0.3) is 0 Å². The van der Waals surface area contributed by atoms with Crippen LogP contribution < -0.4 is 24.8 Å². The van der Waals surface area contributed by atoms with Gasteiger partial charge in [-0.25, -0.2) is 4.79 Å². The van der Waals surface area contributed by atoms with E-state index < -0.39 is 18.0 Å². The molecule has 34 heavy (non-hydrogen) atoms. The highest BCUT2D eigenvalue weighted by molar-refractivity contribution is 6.06. The minimum atomic E-state index is -0.929. The van der Waals surface area contributed by atoms with E-state index in [9.17, 15) is 14.4 Å². The van der Waals surface area contributed by atoms with E-state index >= 15 is 0 Å². The molecule has 0 radical (unpaired) electrons. The van der Waals surface area contributed by atoms with Crippen molar-refractivity contribution in [2.24, 2.45) is 0 Å². The number of amides is 4. The van der Waals surface area contributed by atoms with E-state index in [0.29, 0.717) is 28.7 Å². The molecule has 0 saturated carbocycles. The van der Waals surface area contributed by atoms with Crippen molar-refractivity contribution in [3.63, 3.8) is 0 Å². The first kappa shape index (κ1) is 21.3. The van der Waals surface area contributed by atoms with Crippen molar-refractivity contribution in [3.05, 3.63) is 78.4 Å². The van der Waals surface area contributed by atoms with Crippen LogP contribution in [0.4, 0.5) is 10.5 Å². The summed E-state index contributed by atoms with van der Waals surface area (Å²) in [6.45, 7) is 0.212. The van der Waals surface area contributed by atoms with E-state index in [2.05, 4.69) is 10.6 Å². The van der Waals surface area contributed by atoms with Gasteiger partial charge in [-0.3, -0.25) is 14.5 Å². The van der Waals surface area contributed by atoms with E-state index in [4.69, 9.17) is 14.2 Å². The predicted octanol–water partition coefficient (Wildman–Crippen LogP) is 3.66. The molecule has 5 rings (SSSR count). The predicted molar refractivity (Wildman–Crippen MR) is 122 cm³/mol. The van der Waals surface area contributed by atoms with Gasteiger partial charge in [0.1, 0.15) is 17.5 Å². The van der Waals surface area contributed by atoms with Crippen molar-refractivity contribution in [2.75, 3.05) is 12.1 Å². The van der Waals surface area contributed by atoms with Crippen LogP contribution in [-0.2, 0) is 16.1 Å². The normalized spacial score (nSPS) is 16.4. The number of benzene rings is 3. The van der Waals surface area contributed by atoms with Gasteiger partial charge >= 0.3 is 6.03 Å². The summed E-state index contributed by atoms with van der Waals surface area (Å²) in [4.78, 5) is 38.7. The van der Waals surface area contributed by atoms with Gasteiger partial charge in [-0.15, -0.1) is 0 Å². The molecular weight excluding hydrogens is 438 g/mol. The number of anilines is 1. The molecule has 0 aromatic heterocycles. The van der Waals surface area contributed by atoms with E-state index in [1.807, 2.05) is 30.3 Å². The zero-order chi connectivity index (χ0) is 23.5. The molecule has 2 N–H and O–H groups in total. The Bertz CT molecular complexity index is 1230. The van der Waals surface area contributed by atoms with Crippen LogP contribution in [0.1, 0.15) is 12.0 Å². The Morgan fingerprint density at radius 1 is 0.971 bits per heavy atom. The third-order valence-corrected chi connectivity index (χ3v) is 5.39. The number of hydrogen-bond acceptors (Lipinski definition) is 6. The Kier molecular flexibility index (Phi) is 5.73. The number of imide groups is 1. The number of fused-ring (bicyclic) bond motifs is 1. The molecule has 1 unspecified atom stereocenters. The van der Waals surface area contributed by atoms with Crippen LogP contribution in [0.5, 0.6) is 23.0 Å². The van der Waals surface area contributed by atoms with Crippen LogP contribution in [0, 0.1) is 0 Å². The van der Waals surface area contributed by atoms with Crippen molar-refractivity contribution < 1.29 is 28.6 Å².